The summed E-state index contributed by atoms with van der Waals surface area (Å²) in [5, 5.41) is 12.3. The lowest BCUT2D eigenvalue weighted by atomic mass is 9.97. The summed E-state index contributed by atoms with van der Waals surface area (Å²) in [4.78, 5) is 0. The molecular formula is C13H12Br2OS. The van der Waals surface area contributed by atoms with Gasteiger partial charge in [-0.2, -0.15) is 0 Å². The van der Waals surface area contributed by atoms with Crippen molar-refractivity contribution in [2.45, 2.75) is 20.0 Å². The molecule has 1 aromatic heterocycles. The first-order valence-electron chi connectivity index (χ1n) is 5.17. The molecule has 0 amide bonds. The minimum absolute atomic E-state index is 0.552. The first-order valence-corrected chi connectivity index (χ1v) is 7.64. The second-order valence-electron chi connectivity index (χ2n) is 4.04. The number of hydrogen-bond acceptors (Lipinski definition) is 2. The smallest absolute Gasteiger partial charge is 0.105 e. The zero-order chi connectivity index (χ0) is 12.6. The fraction of sp³-hybridized carbons (Fsp3) is 0.231. The average Bonchev–Trinajstić information content (AvgIpc) is 2.69. The van der Waals surface area contributed by atoms with Gasteiger partial charge in [0.1, 0.15) is 6.10 Å². The van der Waals surface area contributed by atoms with E-state index in [-0.39, 0.29) is 0 Å². The van der Waals surface area contributed by atoms with E-state index in [1.165, 1.54) is 0 Å². The summed E-state index contributed by atoms with van der Waals surface area (Å²) in [5.74, 6) is 0. The van der Waals surface area contributed by atoms with E-state index >= 15 is 0 Å². The van der Waals surface area contributed by atoms with Crippen molar-refractivity contribution in [2.75, 3.05) is 0 Å². The maximum atomic E-state index is 10.4. The van der Waals surface area contributed by atoms with Gasteiger partial charge in [-0.1, -0.05) is 22.0 Å². The van der Waals surface area contributed by atoms with E-state index < -0.39 is 6.10 Å². The van der Waals surface area contributed by atoms with Crippen LogP contribution in [-0.2, 0) is 0 Å². The van der Waals surface area contributed by atoms with Crippen LogP contribution in [0.1, 0.15) is 28.4 Å². The Morgan fingerprint density at radius 1 is 1.12 bits per heavy atom. The van der Waals surface area contributed by atoms with Crippen molar-refractivity contribution < 1.29 is 5.11 Å². The van der Waals surface area contributed by atoms with Gasteiger partial charge in [0, 0.05) is 4.47 Å². The second kappa shape index (κ2) is 5.22. The number of rotatable bonds is 2. The standard InChI is InChI=1S/C13H12Br2OS/c1-7-4-11(14)8(2)3-10(7)13(16)9-5-12(15)17-6-9/h3-6,13,16H,1-2H3. The van der Waals surface area contributed by atoms with Gasteiger partial charge in [-0.15, -0.1) is 11.3 Å². The van der Waals surface area contributed by atoms with E-state index in [0.29, 0.717) is 0 Å². The normalized spacial score (nSPS) is 12.8. The molecule has 0 spiro atoms. The molecule has 0 saturated carbocycles. The Morgan fingerprint density at radius 2 is 1.82 bits per heavy atom. The first-order chi connectivity index (χ1) is 7.99. The molecule has 0 radical (unpaired) electrons. The molecule has 1 aromatic carbocycles. The van der Waals surface area contributed by atoms with Gasteiger partial charge in [0.2, 0.25) is 0 Å². The van der Waals surface area contributed by atoms with Crippen LogP contribution in [0.3, 0.4) is 0 Å². The molecule has 17 heavy (non-hydrogen) atoms. The molecular weight excluding hydrogens is 364 g/mol. The monoisotopic (exact) mass is 374 g/mol. The third-order valence-electron chi connectivity index (χ3n) is 2.75. The Hall–Kier alpha value is -0.160. The number of aliphatic hydroxyl groups excluding tert-OH is 1. The van der Waals surface area contributed by atoms with Crippen LogP contribution in [0.2, 0.25) is 0 Å². The van der Waals surface area contributed by atoms with Crippen LogP contribution in [0.25, 0.3) is 0 Å². The van der Waals surface area contributed by atoms with Gasteiger partial charge in [-0.25, -0.2) is 0 Å². The summed E-state index contributed by atoms with van der Waals surface area (Å²) < 4.78 is 2.12. The zero-order valence-corrected chi connectivity index (χ0v) is 13.5. The molecule has 0 aliphatic carbocycles. The van der Waals surface area contributed by atoms with Gasteiger partial charge in [-0.3, -0.25) is 0 Å². The van der Waals surface area contributed by atoms with Crippen molar-refractivity contribution >= 4 is 43.2 Å². The molecule has 1 nitrogen and oxygen atoms in total. The summed E-state index contributed by atoms with van der Waals surface area (Å²) in [6, 6.07) is 6.05. The van der Waals surface area contributed by atoms with Crippen molar-refractivity contribution in [1.29, 1.82) is 0 Å². The molecule has 2 rings (SSSR count). The molecule has 1 unspecified atom stereocenters. The molecule has 1 N–H and O–H groups in total. The predicted molar refractivity (Wildman–Crippen MR) is 79.7 cm³/mol. The highest BCUT2D eigenvalue weighted by Gasteiger charge is 2.15. The Bertz CT molecular complexity index is 548. The number of hydrogen-bond donors (Lipinski definition) is 1. The largest absolute Gasteiger partial charge is 0.384 e. The molecule has 0 bridgehead atoms. The van der Waals surface area contributed by atoms with E-state index in [9.17, 15) is 5.11 Å². The Morgan fingerprint density at radius 3 is 2.41 bits per heavy atom. The van der Waals surface area contributed by atoms with E-state index in [0.717, 1.165) is 30.5 Å². The highest BCUT2D eigenvalue weighted by Crippen LogP contribution is 2.32. The first kappa shape index (κ1) is 13.3. The van der Waals surface area contributed by atoms with E-state index in [2.05, 4.69) is 37.9 Å². The minimum Gasteiger partial charge on any atom is -0.384 e. The summed E-state index contributed by atoms with van der Waals surface area (Å²) in [5.41, 5.74) is 4.14. The molecule has 1 heterocycles. The van der Waals surface area contributed by atoms with Crippen molar-refractivity contribution in [3.8, 4) is 0 Å². The molecule has 2 aromatic rings. The maximum absolute atomic E-state index is 10.4. The second-order valence-corrected chi connectivity index (χ2v) is 7.19. The van der Waals surface area contributed by atoms with Crippen molar-refractivity contribution in [3.05, 3.63) is 54.1 Å². The summed E-state index contributed by atoms with van der Waals surface area (Å²) in [7, 11) is 0. The van der Waals surface area contributed by atoms with E-state index in [1.54, 1.807) is 11.3 Å². The van der Waals surface area contributed by atoms with Crippen LogP contribution in [-0.4, -0.2) is 5.11 Å². The zero-order valence-electron chi connectivity index (χ0n) is 9.50. The van der Waals surface area contributed by atoms with Gasteiger partial charge in [0.05, 0.1) is 3.79 Å². The van der Waals surface area contributed by atoms with Gasteiger partial charge >= 0.3 is 0 Å². The predicted octanol–water partition coefficient (Wildman–Crippen LogP) is 4.97. The van der Waals surface area contributed by atoms with Crippen LogP contribution in [0.15, 0.2) is 31.8 Å². The van der Waals surface area contributed by atoms with E-state index in [4.69, 9.17) is 0 Å². The SMILES string of the molecule is Cc1cc(C(O)c2csc(Br)c2)c(C)cc1Br. The topological polar surface area (TPSA) is 20.2 Å². The average molecular weight is 376 g/mol. The number of halogens is 2. The lowest BCUT2D eigenvalue weighted by molar-refractivity contribution is 0.220. The fourth-order valence-corrected chi connectivity index (χ4v) is 3.40. The molecule has 0 fully saturated rings. The van der Waals surface area contributed by atoms with Crippen LogP contribution in [0.5, 0.6) is 0 Å². The molecule has 4 heteroatoms. The van der Waals surface area contributed by atoms with Crippen molar-refractivity contribution in [3.63, 3.8) is 0 Å². The Kier molecular flexibility index (Phi) is 4.08. The number of aryl methyl sites for hydroxylation is 2. The van der Waals surface area contributed by atoms with Gasteiger partial charge in [0.25, 0.3) is 0 Å². The Labute approximate surface area is 122 Å². The van der Waals surface area contributed by atoms with E-state index in [1.807, 2.05) is 31.4 Å². The molecule has 0 aliphatic heterocycles. The third-order valence-corrected chi connectivity index (χ3v) is 5.12. The van der Waals surface area contributed by atoms with Crippen LogP contribution >= 0.6 is 43.2 Å². The van der Waals surface area contributed by atoms with Gasteiger partial charge in [-0.05, 0) is 69.5 Å². The van der Waals surface area contributed by atoms with Crippen molar-refractivity contribution in [1.82, 2.24) is 0 Å². The minimum atomic E-state index is -0.552. The number of aliphatic hydroxyl groups is 1. The van der Waals surface area contributed by atoms with Crippen molar-refractivity contribution in [2.24, 2.45) is 0 Å². The third kappa shape index (κ3) is 2.81. The summed E-state index contributed by atoms with van der Waals surface area (Å²) in [6.45, 7) is 4.05. The van der Waals surface area contributed by atoms with Gasteiger partial charge in [0.15, 0.2) is 0 Å². The highest BCUT2D eigenvalue weighted by molar-refractivity contribution is 9.11. The Balaban J connectivity index is 2.43. The fourth-order valence-electron chi connectivity index (χ4n) is 1.74. The lowest BCUT2D eigenvalue weighted by Crippen LogP contribution is -2.01. The lowest BCUT2D eigenvalue weighted by Gasteiger charge is -2.14. The summed E-state index contributed by atoms with van der Waals surface area (Å²) >= 11 is 8.51. The summed E-state index contributed by atoms with van der Waals surface area (Å²) in [6.07, 6.45) is -0.552. The van der Waals surface area contributed by atoms with Crippen LogP contribution in [0.4, 0.5) is 0 Å². The highest BCUT2D eigenvalue weighted by atomic mass is 79.9. The quantitative estimate of drug-likeness (QED) is 0.785. The number of benzene rings is 1. The van der Waals surface area contributed by atoms with Gasteiger partial charge < -0.3 is 5.11 Å². The molecule has 0 aliphatic rings. The van der Waals surface area contributed by atoms with Crippen LogP contribution in [0, 0.1) is 13.8 Å². The maximum Gasteiger partial charge on any atom is 0.105 e. The molecule has 90 valence electrons. The molecule has 0 saturated heterocycles. The molecule has 1 atom stereocenters. The van der Waals surface area contributed by atoms with Crippen LogP contribution < -0.4 is 0 Å². The number of thiophene rings is 1.